The predicted molar refractivity (Wildman–Crippen MR) is 137 cm³/mol. The molecule has 4 rings (SSSR count). The Morgan fingerprint density at radius 1 is 1.09 bits per heavy atom. The number of carbonyl (C=O) groups excluding carboxylic acids is 1. The predicted octanol–water partition coefficient (Wildman–Crippen LogP) is 3.39. The number of methoxy groups -OCH3 is 1. The minimum Gasteiger partial charge on any atom is -0.497 e. The van der Waals surface area contributed by atoms with E-state index >= 15 is 0 Å². The summed E-state index contributed by atoms with van der Waals surface area (Å²) >= 11 is 0. The van der Waals surface area contributed by atoms with Gasteiger partial charge in [0.05, 0.1) is 31.8 Å². The van der Waals surface area contributed by atoms with Crippen molar-refractivity contribution in [3.8, 4) is 5.75 Å². The number of fused-ring (bicyclic) bond motifs is 1. The van der Waals surface area contributed by atoms with Gasteiger partial charge in [0, 0.05) is 11.1 Å². The molecule has 3 aromatic rings. The van der Waals surface area contributed by atoms with Crippen LogP contribution in [0.25, 0.3) is 10.9 Å². The number of aliphatic imine (C=N–C) groups is 1. The van der Waals surface area contributed by atoms with Crippen LogP contribution in [0.1, 0.15) is 41.9 Å². The Morgan fingerprint density at radius 3 is 2.60 bits per heavy atom. The van der Waals surface area contributed by atoms with Crippen molar-refractivity contribution in [2.45, 2.75) is 44.7 Å². The van der Waals surface area contributed by atoms with Crippen LogP contribution in [0, 0.1) is 6.92 Å². The zero-order chi connectivity index (χ0) is 24.8. The van der Waals surface area contributed by atoms with Crippen molar-refractivity contribution in [3.05, 3.63) is 53.9 Å². The SMILES string of the molecule is CONC(N)=N[C@@H]1CCCC[C@@H]1Nc1nc(C(=O)Nc2ccc(OC)cc2)nc2ccc(C)cc12. The van der Waals surface area contributed by atoms with Gasteiger partial charge in [0.25, 0.3) is 5.91 Å². The number of amides is 1. The lowest BCUT2D eigenvalue weighted by molar-refractivity contribution is 0.101. The molecule has 0 radical (unpaired) electrons. The van der Waals surface area contributed by atoms with Crippen LogP contribution in [-0.2, 0) is 4.84 Å². The third-order valence-corrected chi connectivity index (χ3v) is 5.97. The molecule has 10 nitrogen and oxygen atoms in total. The summed E-state index contributed by atoms with van der Waals surface area (Å²) in [7, 11) is 3.09. The Labute approximate surface area is 204 Å². The highest BCUT2D eigenvalue weighted by Gasteiger charge is 2.27. The Bertz CT molecular complexity index is 1210. The molecular formula is C25H31N7O3. The molecule has 35 heavy (non-hydrogen) atoms. The van der Waals surface area contributed by atoms with E-state index in [9.17, 15) is 4.79 Å². The Morgan fingerprint density at radius 2 is 1.86 bits per heavy atom. The molecule has 0 unspecified atom stereocenters. The molecule has 0 aliphatic heterocycles. The van der Waals surface area contributed by atoms with Crippen molar-refractivity contribution >= 4 is 34.3 Å². The van der Waals surface area contributed by atoms with Gasteiger partial charge in [-0.2, -0.15) is 0 Å². The topological polar surface area (TPSA) is 136 Å². The molecule has 1 aliphatic carbocycles. The Kier molecular flexibility index (Phi) is 7.61. The van der Waals surface area contributed by atoms with E-state index < -0.39 is 5.91 Å². The summed E-state index contributed by atoms with van der Waals surface area (Å²) in [5.74, 6) is 1.22. The number of carbonyl (C=O) groups is 1. The lowest BCUT2D eigenvalue weighted by Gasteiger charge is -2.30. The fraction of sp³-hybridized carbons (Fsp3) is 0.360. The average Bonchev–Trinajstić information content (AvgIpc) is 2.86. The number of anilines is 2. The Hall–Kier alpha value is -3.92. The van der Waals surface area contributed by atoms with Gasteiger partial charge in [0.1, 0.15) is 11.6 Å². The summed E-state index contributed by atoms with van der Waals surface area (Å²) in [5.41, 5.74) is 10.9. The van der Waals surface area contributed by atoms with Gasteiger partial charge in [-0.25, -0.2) is 20.4 Å². The van der Waals surface area contributed by atoms with E-state index in [1.54, 1.807) is 31.4 Å². The van der Waals surface area contributed by atoms with Gasteiger partial charge < -0.3 is 21.1 Å². The van der Waals surface area contributed by atoms with Crippen LogP contribution in [0.3, 0.4) is 0 Å². The number of nitrogens with one attached hydrogen (secondary N) is 3. The van der Waals surface area contributed by atoms with Crippen molar-refractivity contribution in [1.29, 1.82) is 0 Å². The van der Waals surface area contributed by atoms with Crippen LogP contribution in [0.4, 0.5) is 11.5 Å². The number of aromatic nitrogens is 2. The van der Waals surface area contributed by atoms with Crippen LogP contribution in [0.5, 0.6) is 5.75 Å². The normalized spacial score (nSPS) is 18.2. The molecular weight excluding hydrogens is 446 g/mol. The van der Waals surface area contributed by atoms with Crippen molar-refractivity contribution in [2.24, 2.45) is 10.7 Å². The monoisotopic (exact) mass is 477 g/mol. The van der Waals surface area contributed by atoms with E-state index in [1.807, 2.05) is 25.1 Å². The number of benzene rings is 2. The summed E-state index contributed by atoms with van der Waals surface area (Å²) < 4.78 is 5.18. The molecule has 1 heterocycles. The number of nitrogens with zero attached hydrogens (tertiary/aromatic N) is 3. The smallest absolute Gasteiger partial charge is 0.293 e. The number of ether oxygens (including phenoxy) is 1. The lowest BCUT2D eigenvalue weighted by atomic mass is 9.90. The van der Waals surface area contributed by atoms with Gasteiger partial charge in [0.15, 0.2) is 0 Å². The maximum atomic E-state index is 13.0. The molecule has 184 valence electrons. The van der Waals surface area contributed by atoms with Crippen LogP contribution in [0.15, 0.2) is 47.5 Å². The van der Waals surface area contributed by atoms with Gasteiger partial charge in [0.2, 0.25) is 11.8 Å². The number of rotatable bonds is 7. The van der Waals surface area contributed by atoms with Crippen LogP contribution >= 0.6 is 0 Å². The summed E-state index contributed by atoms with van der Waals surface area (Å²) in [6.45, 7) is 2.01. The number of nitrogens with two attached hydrogens (primary N) is 1. The zero-order valence-corrected chi connectivity index (χ0v) is 20.2. The third-order valence-electron chi connectivity index (χ3n) is 5.97. The average molecular weight is 478 g/mol. The fourth-order valence-corrected chi connectivity index (χ4v) is 4.23. The molecule has 0 saturated heterocycles. The first-order valence-corrected chi connectivity index (χ1v) is 11.6. The number of aryl methyl sites for hydroxylation is 1. The van der Waals surface area contributed by atoms with Gasteiger partial charge in [-0.05, 0) is 56.2 Å². The van der Waals surface area contributed by atoms with Gasteiger partial charge in [-0.3, -0.25) is 9.63 Å². The molecule has 1 saturated carbocycles. The van der Waals surface area contributed by atoms with E-state index in [4.69, 9.17) is 15.3 Å². The number of hydroxylamine groups is 1. The second-order valence-electron chi connectivity index (χ2n) is 8.52. The van der Waals surface area contributed by atoms with Crippen LogP contribution in [0.2, 0.25) is 0 Å². The second-order valence-corrected chi connectivity index (χ2v) is 8.52. The van der Waals surface area contributed by atoms with E-state index in [0.29, 0.717) is 22.8 Å². The quantitative estimate of drug-likeness (QED) is 0.231. The minimum absolute atomic E-state index is 0.00272. The molecule has 10 heteroatoms. The maximum absolute atomic E-state index is 13.0. The highest BCUT2D eigenvalue weighted by molar-refractivity contribution is 6.04. The van der Waals surface area contributed by atoms with E-state index in [1.165, 1.54) is 7.11 Å². The zero-order valence-electron chi connectivity index (χ0n) is 20.2. The van der Waals surface area contributed by atoms with E-state index in [2.05, 4.69) is 31.1 Å². The second kappa shape index (κ2) is 11.0. The van der Waals surface area contributed by atoms with Gasteiger partial charge in [-0.1, -0.05) is 24.5 Å². The molecule has 1 fully saturated rings. The molecule has 1 aromatic heterocycles. The molecule has 2 aromatic carbocycles. The van der Waals surface area contributed by atoms with Gasteiger partial charge >= 0.3 is 0 Å². The molecule has 1 aliphatic rings. The number of hydrogen-bond acceptors (Lipinski definition) is 7. The van der Waals surface area contributed by atoms with Gasteiger partial charge in [-0.15, -0.1) is 0 Å². The van der Waals surface area contributed by atoms with E-state index in [-0.39, 0.29) is 23.9 Å². The van der Waals surface area contributed by atoms with Crippen molar-refractivity contribution in [1.82, 2.24) is 15.4 Å². The third kappa shape index (κ3) is 5.96. The number of guanidine groups is 1. The highest BCUT2D eigenvalue weighted by atomic mass is 16.6. The molecule has 1 amide bonds. The van der Waals surface area contributed by atoms with E-state index in [0.717, 1.165) is 36.6 Å². The lowest BCUT2D eigenvalue weighted by Crippen LogP contribution is -2.40. The molecule has 0 bridgehead atoms. The molecule has 5 N–H and O–H groups in total. The van der Waals surface area contributed by atoms with Crippen LogP contribution in [-0.4, -0.2) is 48.1 Å². The summed E-state index contributed by atoms with van der Waals surface area (Å²) in [6, 6.07) is 12.9. The maximum Gasteiger partial charge on any atom is 0.293 e. The van der Waals surface area contributed by atoms with Crippen LogP contribution < -0.4 is 26.6 Å². The summed E-state index contributed by atoms with van der Waals surface area (Å²) in [4.78, 5) is 31.7. The first kappa shape index (κ1) is 24.2. The number of hydrogen-bond donors (Lipinski definition) is 4. The highest BCUT2D eigenvalue weighted by Crippen LogP contribution is 2.28. The fourth-order valence-electron chi connectivity index (χ4n) is 4.23. The summed E-state index contributed by atoms with van der Waals surface area (Å²) in [6.07, 6.45) is 3.91. The first-order chi connectivity index (χ1) is 17.0. The molecule has 2 atom stereocenters. The largest absolute Gasteiger partial charge is 0.497 e. The van der Waals surface area contributed by atoms with Crippen molar-refractivity contribution in [2.75, 3.05) is 24.9 Å². The minimum atomic E-state index is -0.396. The van der Waals surface area contributed by atoms with Crippen molar-refractivity contribution < 1.29 is 14.4 Å². The van der Waals surface area contributed by atoms with Crippen molar-refractivity contribution in [3.63, 3.8) is 0 Å². The summed E-state index contributed by atoms with van der Waals surface area (Å²) in [5, 5.41) is 7.25. The standard InChI is InChI=1S/C25H31N7O3/c1-15-8-13-19-18(14-15)22(29-20-6-4-5-7-21(20)30-25(26)32-35-3)31-23(28-19)24(33)27-16-9-11-17(34-2)12-10-16/h8-14,20-21H,4-7H2,1-3H3,(H,27,33)(H3,26,30,32)(H,28,29,31)/t20-,21+/m0/s1. The Balaban J connectivity index is 1.64. The molecule has 0 spiro atoms. The first-order valence-electron chi connectivity index (χ1n) is 11.6.